The lowest BCUT2D eigenvalue weighted by molar-refractivity contribution is -0.166. The number of ether oxygens (including phenoxy) is 3. The molecule has 0 aliphatic rings. The maximum atomic E-state index is 12.9. The zero-order chi connectivity index (χ0) is 52.9. The van der Waals surface area contributed by atoms with Crippen molar-refractivity contribution in [3.63, 3.8) is 0 Å². The molecular weight excluding hydrogens is 901 g/mol. The molecule has 1 atom stereocenters. The molecular formula is C67H116O6. The number of hydrogen-bond acceptors (Lipinski definition) is 6. The first-order valence-corrected chi connectivity index (χ1v) is 31.1. The van der Waals surface area contributed by atoms with Crippen LogP contribution in [0, 0.1) is 0 Å². The molecule has 0 amide bonds. The average Bonchev–Trinajstić information content (AvgIpc) is 3.39. The van der Waals surface area contributed by atoms with Gasteiger partial charge in [0.05, 0.1) is 6.42 Å². The van der Waals surface area contributed by atoms with E-state index in [9.17, 15) is 14.4 Å². The summed E-state index contributed by atoms with van der Waals surface area (Å²) in [4.78, 5) is 38.2. The van der Waals surface area contributed by atoms with Gasteiger partial charge in [0.2, 0.25) is 0 Å². The van der Waals surface area contributed by atoms with Gasteiger partial charge in [-0.15, -0.1) is 0 Å². The second kappa shape index (κ2) is 61.1. The van der Waals surface area contributed by atoms with Crippen molar-refractivity contribution in [2.45, 2.75) is 309 Å². The van der Waals surface area contributed by atoms with E-state index in [4.69, 9.17) is 14.2 Å². The average molecular weight is 1020 g/mol. The van der Waals surface area contributed by atoms with Crippen molar-refractivity contribution in [2.75, 3.05) is 13.2 Å². The Hall–Kier alpha value is -3.41. The normalized spacial score (nSPS) is 12.6. The molecule has 0 aromatic heterocycles. The summed E-state index contributed by atoms with van der Waals surface area (Å²) < 4.78 is 16.8. The second-order valence-corrected chi connectivity index (χ2v) is 20.6. The Bertz CT molecular complexity index is 1400. The first-order valence-electron chi connectivity index (χ1n) is 31.1. The largest absolute Gasteiger partial charge is 0.462 e. The number of carbonyl (C=O) groups excluding carboxylic acids is 3. The van der Waals surface area contributed by atoms with E-state index in [1.807, 2.05) is 6.08 Å². The fourth-order valence-corrected chi connectivity index (χ4v) is 8.74. The summed E-state index contributed by atoms with van der Waals surface area (Å²) in [5.74, 6) is -1.04. The summed E-state index contributed by atoms with van der Waals surface area (Å²) in [6.45, 7) is 6.46. The molecule has 0 saturated carbocycles. The van der Waals surface area contributed by atoms with Gasteiger partial charge in [-0.05, 0) is 96.3 Å². The van der Waals surface area contributed by atoms with Gasteiger partial charge >= 0.3 is 17.9 Å². The van der Waals surface area contributed by atoms with Gasteiger partial charge in [-0.1, -0.05) is 273 Å². The lowest BCUT2D eigenvalue weighted by Crippen LogP contribution is -2.30. The fourth-order valence-electron chi connectivity index (χ4n) is 8.74. The SMILES string of the molecule is CC/C=C\C/C=C\C/C=C\C/C=C\C/C=C\CC(=O)OCC(COC(=O)CCCCCCCCCCC/C=C\CCCCCCCCCC)OC(=O)CCCCCCCCCCC/C=C\CCCCCCCC. The summed E-state index contributed by atoms with van der Waals surface area (Å²) in [7, 11) is 0. The van der Waals surface area contributed by atoms with E-state index in [0.717, 1.165) is 70.6 Å². The molecule has 6 nitrogen and oxygen atoms in total. The van der Waals surface area contributed by atoms with Crippen LogP contribution in [0.1, 0.15) is 303 Å². The third kappa shape index (κ3) is 59.3. The van der Waals surface area contributed by atoms with E-state index in [0.29, 0.717) is 12.8 Å². The van der Waals surface area contributed by atoms with Gasteiger partial charge < -0.3 is 14.2 Å². The molecule has 0 N–H and O–H groups in total. The molecule has 0 aromatic rings. The zero-order valence-electron chi connectivity index (χ0n) is 48.1. The van der Waals surface area contributed by atoms with E-state index in [1.54, 1.807) is 6.08 Å². The summed E-state index contributed by atoms with van der Waals surface area (Å²) in [6, 6.07) is 0. The Morgan fingerprint density at radius 3 is 0.945 bits per heavy atom. The predicted octanol–water partition coefficient (Wildman–Crippen LogP) is 21.1. The number of allylic oxidation sites excluding steroid dienone is 13. The molecule has 0 aliphatic heterocycles. The third-order valence-electron chi connectivity index (χ3n) is 13.4. The van der Waals surface area contributed by atoms with Crippen LogP contribution in [-0.4, -0.2) is 37.2 Å². The van der Waals surface area contributed by atoms with Crippen LogP contribution >= 0.6 is 0 Å². The van der Waals surface area contributed by atoms with Crippen LogP contribution < -0.4 is 0 Å². The van der Waals surface area contributed by atoms with Crippen molar-refractivity contribution < 1.29 is 28.6 Å². The molecule has 0 bridgehead atoms. The first-order chi connectivity index (χ1) is 36.0. The highest BCUT2D eigenvalue weighted by Crippen LogP contribution is 2.16. The number of hydrogen-bond donors (Lipinski definition) is 0. The standard InChI is InChI=1S/C67H116O6/c1-4-7-10-13-16-19-22-25-28-30-32-33-35-36-39-42-45-48-51-54-57-60-66(69)72-63-64(62-71-65(68)59-56-53-50-47-44-41-38-27-24-21-18-15-12-9-6-3)73-67(70)61-58-55-52-49-46-43-40-37-34-31-29-26-23-20-17-14-11-8-5-2/h9,12,18,21,26-27,29-30,32,38,44,47,53,56,64H,4-8,10-11,13-17,19-20,22-25,28,31,33-37,39-43,45-46,48-52,54-55,57-63H2,1-3H3/b12-9-,21-18-,29-26-,32-30-,38-27-,47-44-,56-53-. The number of unbranched alkanes of at least 4 members (excludes halogenated alkanes) is 32. The molecule has 420 valence electrons. The van der Waals surface area contributed by atoms with Crippen LogP contribution in [0.25, 0.3) is 0 Å². The van der Waals surface area contributed by atoms with Crippen LogP contribution in [-0.2, 0) is 28.6 Å². The molecule has 0 fully saturated rings. The minimum atomic E-state index is -0.819. The summed E-state index contributed by atoms with van der Waals surface area (Å²) in [5, 5.41) is 0. The highest BCUT2D eigenvalue weighted by molar-refractivity contribution is 5.72. The van der Waals surface area contributed by atoms with Crippen LogP contribution in [0.2, 0.25) is 0 Å². The van der Waals surface area contributed by atoms with E-state index in [-0.39, 0.29) is 31.6 Å². The fraction of sp³-hybridized carbons (Fsp3) is 0.746. The Morgan fingerprint density at radius 2 is 0.589 bits per heavy atom. The van der Waals surface area contributed by atoms with Gasteiger partial charge in [-0.25, -0.2) is 0 Å². The van der Waals surface area contributed by atoms with Crippen molar-refractivity contribution in [2.24, 2.45) is 0 Å². The molecule has 0 aromatic carbocycles. The molecule has 0 rings (SSSR count). The Morgan fingerprint density at radius 1 is 0.301 bits per heavy atom. The van der Waals surface area contributed by atoms with Gasteiger partial charge in [0.25, 0.3) is 0 Å². The topological polar surface area (TPSA) is 78.9 Å². The maximum Gasteiger partial charge on any atom is 0.309 e. The van der Waals surface area contributed by atoms with Crippen molar-refractivity contribution in [1.29, 1.82) is 0 Å². The van der Waals surface area contributed by atoms with Crippen molar-refractivity contribution in [1.82, 2.24) is 0 Å². The Balaban J connectivity index is 4.43. The lowest BCUT2D eigenvalue weighted by atomic mass is 10.1. The highest BCUT2D eigenvalue weighted by atomic mass is 16.6. The smallest absolute Gasteiger partial charge is 0.309 e. The minimum absolute atomic E-state index is 0.107. The highest BCUT2D eigenvalue weighted by Gasteiger charge is 2.19. The van der Waals surface area contributed by atoms with Crippen molar-refractivity contribution in [3.05, 3.63) is 85.1 Å². The second-order valence-electron chi connectivity index (χ2n) is 20.6. The maximum absolute atomic E-state index is 12.9. The summed E-state index contributed by atoms with van der Waals surface area (Å²) >= 11 is 0. The van der Waals surface area contributed by atoms with Crippen LogP contribution in [0.15, 0.2) is 85.1 Å². The van der Waals surface area contributed by atoms with Crippen LogP contribution in [0.3, 0.4) is 0 Å². The van der Waals surface area contributed by atoms with Gasteiger partial charge in [0.15, 0.2) is 6.10 Å². The van der Waals surface area contributed by atoms with Crippen LogP contribution in [0.5, 0.6) is 0 Å². The molecule has 0 aliphatic carbocycles. The molecule has 0 spiro atoms. The van der Waals surface area contributed by atoms with E-state index in [2.05, 4.69) is 93.7 Å². The van der Waals surface area contributed by atoms with Crippen molar-refractivity contribution in [3.8, 4) is 0 Å². The minimum Gasteiger partial charge on any atom is -0.462 e. The number of esters is 3. The van der Waals surface area contributed by atoms with Gasteiger partial charge in [0, 0.05) is 12.8 Å². The summed E-state index contributed by atoms with van der Waals surface area (Å²) in [6.07, 6.45) is 80.4. The lowest BCUT2D eigenvalue weighted by Gasteiger charge is -2.18. The van der Waals surface area contributed by atoms with Crippen molar-refractivity contribution >= 4 is 17.9 Å². The van der Waals surface area contributed by atoms with E-state index in [1.165, 1.54) is 193 Å². The zero-order valence-corrected chi connectivity index (χ0v) is 48.1. The number of carbonyl (C=O) groups is 3. The van der Waals surface area contributed by atoms with Crippen LogP contribution in [0.4, 0.5) is 0 Å². The predicted molar refractivity (Wildman–Crippen MR) is 316 cm³/mol. The van der Waals surface area contributed by atoms with Gasteiger partial charge in [-0.3, -0.25) is 14.4 Å². The van der Waals surface area contributed by atoms with E-state index < -0.39 is 12.1 Å². The van der Waals surface area contributed by atoms with Gasteiger partial charge in [0.1, 0.15) is 13.2 Å². The quantitative estimate of drug-likeness (QED) is 0.0261. The summed E-state index contributed by atoms with van der Waals surface area (Å²) in [5.41, 5.74) is 0. The first kappa shape index (κ1) is 69.6. The van der Waals surface area contributed by atoms with E-state index >= 15 is 0 Å². The third-order valence-corrected chi connectivity index (χ3v) is 13.4. The number of rotatable bonds is 56. The Kier molecular flexibility index (Phi) is 58.3. The molecule has 0 radical (unpaired) electrons. The molecule has 73 heavy (non-hydrogen) atoms. The Labute approximate surface area is 452 Å². The van der Waals surface area contributed by atoms with Gasteiger partial charge in [-0.2, -0.15) is 0 Å². The monoisotopic (exact) mass is 1020 g/mol. The molecule has 6 heteroatoms. The molecule has 0 heterocycles. The molecule has 0 saturated heterocycles. The molecule has 1 unspecified atom stereocenters.